The monoisotopic (exact) mass is 524 g/mol. The van der Waals surface area contributed by atoms with Crippen molar-refractivity contribution < 1.29 is 26.4 Å². The Hall–Kier alpha value is -3.04. The fourth-order valence-electron chi connectivity index (χ4n) is 3.60. The third-order valence-electron chi connectivity index (χ3n) is 5.13. The van der Waals surface area contributed by atoms with E-state index in [1.807, 2.05) is 30.3 Å². The van der Waals surface area contributed by atoms with Crippen LogP contribution in [0.1, 0.15) is 25.0 Å². The molecule has 0 aliphatic carbocycles. The summed E-state index contributed by atoms with van der Waals surface area (Å²) in [6.07, 6.45) is -4.28. The Bertz CT molecular complexity index is 1280. The standard InChI is InChI=1S/C25H24ClF3N2O3S/c1-24(2,16-18-9-5-3-6-10-18)30-23(32)17-31(35(33,34)20-11-7-4-8-12-20)22-15-19(25(27,28)29)13-14-21(22)26/h3-15H,16-17H2,1-2H3,(H,30,32). The lowest BCUT2D eigenvalue weighted by Gasteiger charge is -2.30. The van der Waals surface area contributed by atoms with Crippen molar-refractivity contribution in [3.63, 3.8) is 0 Å². The van der Waals surface area contributed by atoms with Gasteiger partial charge in [-0.1, -0.05) is 60.1 Å². The molecule has 3 rings (SSSR count). The van der Waals surface area contributed by atoms with Crippen molar-refractivity contribution in [3.05, 3.63) is 95.0 Å². The number of alkyl halides is 3. The highest BCUT2D eigenvalue weighted by molar-refractivity contribution is 7.92. The fourth-order valence-corrected chi connectivity index (χ4v) is 5.32. The average molecular weight is 525 g/mol. The highest BCUT2D eigenvalue weighted by atomic mass is 35.5. The molecule has 3 aromatic rings. The van der Waals surface area contributed by atoms with Gasteiger partial charge in [-0.05, 0) is 56.2 Å². The van der Waals surface area contributed by atoms with Gasteiger partial charge in [-0.25, -0.2) is 8.42 Å². The van der Waals surface area contributed by atoms with Crippen LogP contribution in [0.15, 0.2) is 83.8 Å². The van der Waals surface area contributed by atoms with Crippen LogP contribution >= 0.6 is 11.6 Å². The Labute approximate surface area is 207 Å². The van der Waals surface area contributed by atoms with Crippen LogP contribution in [0.25, 0.3) is 0 Å². The molecule has 1 amide bonds. The molecule has 5 nitrogen and oxygen atoms in total. The van der Waals surface area contributed by atoms with Gasteiger partial charge in [0.15, 0.2) is 0 Å². The Kier molecular flexibility index (Phi) is 7.81. The number of hydrogen-bond acceptors (Lipinski definition) is 3. The summed E-state index contributed by atoms with van der Waals surface area (Å²) in [6, 6.07) is 18.8. The number of nitrogens with zero attached hydrogens (tertiary/aromatic N) is 1. The predicted octanol–water partition coefficient (Wildman–Crippen LogP) is 5.69. The highest BCUT2D eigenvalue weighted by Gasteiger charge is 2.35. The molecule has 0 aliphatic rings. The van der Waals surface area contributed by atoms with Crippen molar-refractivity contribution in [2.45, 2.75) is 36.9 Å². The van der Waals surface area contributed by atoms with Crippen LogP contribution in [-0.4, -0.2) is 26.4 Å². The summed E-state index contributed by atoms with van der Waals surface area (Å²) in [7, 11) is -4.43. The number of carbonyl (C=O) groups is 1. The molecule has 3 aromatic carbocycles. The number of anilines is 1. The number of benzene rings is 3. The lowest BCUT2D eigenvalue weighted by Crippen LogP contribution is -2.50. The first-order valence-electron chi connectivity index (χ1n) is 10.6. The summed E-state index contributed by atoms with van der Waals surface area (Å²) in [5.41, 5.74) is -1.35. The number of sulfonamides is 1. The van der Waals surface area contributed by atoms with Gasteiger partial charge >= 0.3 is 6.18 Å². The van der Waals surface area contributed by atoms with Crippen LogP contribution in [0, 0.1) is 0 Å². The minimum atomic E-state index is -4.73. The van der Waals surface area contributed by atoms with Gasteiger partial charge < -0.3 is 5.32 Å². The van der Waals surface area contributed by atoms with Crippen LogP contribution in [0.2, 0.25) is 5.02 Å². The first kappa shape index (κ1) is 26.6. The van der Waals surface area contributed by atoms with Crippen LogP contribution in [-0.2, 0) is 27.4 Å². The molecule has 0 saturated heterocycles. The highest BCUT2D eigenvalue weighted by Crippen LogP contribution is 2.37. The largest absolute Gasteiger partial charge is 0.416 e. The number of amides is 1. The minimum Gasteiger partial charge on any atom is -0.349 e. The van der Waals surface area contributed by atoms with E-state index in [1.54, 1.807) is 19.9 Å². The van der Waals surface area contributed by atoms with Gasteiger partial charge in [0.1, 0.15) is 6.54 Å². The number of nitrogens with one attached hydrogen (secondary N) is 1. The molecule has 0 spiro atoms. The zero-order chi connectivity index (χ0) is 25.9. The van der Waals surface area contributed by atoms with Crippen LogP contribution in [0.3, 0.4) is 0 Å². The molecule has 1 N–H and O–H groups in total. The van der Waals surface area contributed by atoms with Gasteiger partial charge in [0.05, 0.1) is 21.2 Å². The lowest BCUT2D eigenvalue weighted by atomic mass is 9.95. The molecule has 0 bridgehead atoms. The molecule has 0 fully saturated rings. The van der Waals surface area contributed by atoms with Gasteiger partial charge in [-0.15, -0.1) is 0 Å². The van der Waals surface area contributed by atoms with Crippen LogP contribution in [0.4, 0.5) is 18.9 Å². The van der Waals surface area contributed by atoms with Crippen molar-refractivity contribution in [3.8, 4) is 0 Å². The van der Waals surface area contributed by atoms with E-state index in [0.717, 1.165) is 17.7 Å². The third kappa shape index (κ3) is 6.76. The maximum atomic E-state index is 13.4. The van der Waals surface area contributed by atoms with E-state index in [0.29, 0.717) is 16.8 Å². The molecule has 0 unspecified atom stereocenters. The molecule has 10 heteroatoms. The summed E-state index contributed by atoms with van der Waals surface area (Å²) in [5.74, 6) is -0.695. The Morgan fingerprint density at radius 2 is 1.51 bits per heavy atom. The van der Waals surface area contributed by atoms with E-state index in [4.69, 9.17) is 11.6 Å². The SMILES string of the molecule is CC(C)(Cc1ccccc1)NC(=O)CN(c1cc(C(F)(F)F)ccc1Cl)S(=O)(=O)c1ccccc1. The summed E-state index contributed by atoms with van der Waals surface area (Å²) < 4.78 is 67.6. The zero-order valence-electron chi connectivity index (χ0n) is 19.0. The van der Waals surface area contributed by atoms with Crippen molar-refractivity contribution in [2.75, 3.05) is 10.8 Å². The minimum absolute atomic E-state index is 0.190. The van der Waals surface area contributed by atoms with Crippen molar-refractivity contribution in [1.82, 2.24) is 5.32 Å². The van der Waals surface area contributed by atoms with Gasteiger partial charge in [0.25, 0.3) is 10.0 Å². The summed E-state index contributed by atoms with van der Waals surface area (Å²) in [4.78, 5) is 12.8. The molecule has 35 heavy (non-hydrogen) atoms. The van der Waals surface area contributed by atoms with E-state index in [2.05, 4.69) is 5.32 Å². The fraction of sp³-hybridized carbons (Fsp3) is 0.240. The van der Waals surface area contributed by atoms with Crippen molar-refractivity contribution in [1.29, 1.82) is 0 Å². The second-order valence-electron chi connectivity index (χ2n) is 8.58. The summed E-state index contributed by atoms with van der Waals surface area (Å²) in [5, 5.41) is 2.54. The maximum absolute atomic E-state index is 13.4. The Morgan fingerprint density at radius 3 is 2.09 bits per heavy atom. The Morgan fingerprint density at radius 1 is 0.943 bits per heavy atom. The topological polar surface area (TPSA) is 66.5 Å². The summed E-state index contributed by atoms with van der Waals surface area (Å²) in [6.45, 7) is 2.77. The number of rotatable bonds is 8. The number of halogens is 4. The summed E-state index contributed by atoms with van der Waals surface area (Å²) >= 11 is 6.15. The smallest absolute Gasteiger partial charge is 0.349 e. The molecule has 0 heterocycles. The third-order valence-corrected chi connectivity index (χ3v) is 7.22. The van der Waals surface area contributed by atoms with Gasteiger partial charge in [-0.2, -0.15) is 13.2 Å². The maximum Gasteiger partial charge on any atom is 0.416 e. The second kappa shape index (κ2) is 10.3. The van der Waals surface area contributed by atoms with E-state index >= 15 is 0 Å². The predicted molar refractivity (Wildman–Crippen MR) is 130 cm³/mol. The first-order chi connectivity index (χ1) is 16.3. The van der Waals surface area contributed by atoms with E-state index in [1.165, 1.54) is 24.3 Å². The van der Waals surface area contributed by atoms with Crippen molar-refractivity contribution >= 4 is 33.2 Å². The zero-order valence-corrected chi connectivity index (χ0v) is 20.6. The Balaban J connectivity index is 1.98. The van der Waals surface area contributed by atoms with Gasteiger partial charge in [0, 0.05) is 5.54 Å². The molecular weight excluding hydrogens is 501 g/mol. The first-order valence-corrected chi connectivity index (χ1v) is 12.4. The van der Waals surface area contributed by atoms with Gasteiger partial charge in [0.2, 0.25) is 5.91 Å². The average Bonchev–Trinajstić information content (AvgIpc) is 2.77. The molecule has 0 radical (unpaired) electrons. The van der Waals surface area contributed by atoms with Crippen LogP contribution in [0.5, 0.6) is 0 Å². The van der Waals surface area contributed by atoms with Gasteiger partial charge in [-0.3, -0.25) is 9.10 Å². The van der Waals surface area contributed by atoms with Crippen molar-refractivity contribution in [2.24, 2.45) is 0 Å². The second-order valence-corrected chi connectivity index (χ2v) is 10.9. The molecule has 0 atom stereocenters. The molecular formula is C25H24ClF3N2O3S. The molecule has 0 saturated carbocycles. The molecule has 0 aliphatic heterocycles. The van der Waals surface area contributed by atoms with E-state index < -0.39 is 45.4 Å². The molecule has 0 aromatic heterocycles. The van der Waals surface area contributed by atoms with Crippen LogP contribution < -0.4 is 9.62 Å². The normalized spacial score (nSPS) is 12.3. The number of carbonyl (C=O) groups excluding carboxylic acids is 1. The van der Waals surface area contributed by atoms with E-state index in [9.17, 15) is 26.4 Å². The quantitative estimate of drug-likeness (QED) is 0.411. The van der Waals surface area contributed by atoms with E-state index in [-0.39, 0.29) is 9.92 Å². The molecule has 186 valence electrons. The number of hydrogen-bond donors (Lipinski definition) is 1. The lowest BCUT2D eigenvalue weighted by molar-refractivity contribution is -0.137.